The molecule has 4 aromatic carbocycles. The van der Waals surface area contributed by atoms with Crippen molar-refractivity contribution in [3.8, 4) is 0 Å². The fourth-order valence-corrected chi connectivity index (χ4v) is 5.03. The number of rotatable bonds is 4. The van der Waals surface area contributed by atoms with Crippen molar-refractivity contribution in [2.24, 2.45) is 0 Å². The SMILES string of the molecule is O=C(Nc1ccc(Sc2ccccc2)c2c1C(=O)c1ccccc1C2=O)c1ccccc1Cl. The van der Waals surface area contributed by atoms with Crippen LogP contribution in [0.1, 0.15) is 42.2 Å². The lowest BCUT2D eigenvalue weighted by atomic mass is 9.83. The summed E-state index contributed by atoms with van der Waals surface area (Å²) in [6.45, 7) is 0. The molecule has 5 rings (SSSR count). The minimum absolute atomic E-state index is 0.194. The van der Waals surface area contributed by atoms with Gasteiger partial charge >= 0.3 is 0 Å². The summed E-state index contributed by atoms with van der Waals surface area (Å²) in [7, 11) is 0. The van der Waals surface area contributed by atoms with Gasteiger partial charge in [0.2, 0.25) is 0 Å². The van der Waals surface area contributed by atoms with Crippen LogP contribution in [0.2, 0.25) is 5.02 Å². The van der Waals surface area contributed by atoms with E-state index in [9.17, 15) is 14.4 Å². The fourth-order valence-electron chi connectivity index (χ4n) is 3.83. The van der Waals surface area contributed by atoms with Gasteiger partial charge in [0.1, 0.15) is 0 Å². The number of hydrogen-bond acceptors (Lipinski definition) is 4. The van der Waals surface area contributed by atoms with E-state index in [1.165, 1.54) is 11.8 Å². The lowest BCUT2D eigenvalue weighted by Gasteiger charge is -2.23. The second-order valence-corrected chi connectivity index (χ2v) is 8.94. The molecule has 0 spiro atoms. The van der Waals surface area contributed by atoms with Crippen molar-refractivity contribution in [2.75, 3.05) is 5.32 Å². The lowest BCUT2D eigenvalue weighted by molar-refractivity contribution is 0.0976. The normalized spacial score (nSPS) is 12.2. The van der Waals surface area contributed by atoms with E-state index in [1.54, 1.807) is 60.7 Å². The molecule has 33 heavy (non-hydrogen) atoms. The highest BCUT2D eigenvalue weighted by Gasteiger charge is 2.34. The molecule has 1 aliphatic rings. The molecule has 1 N–H and O–H groups in total. The molecule has 0 saturated carbocycles. The van der Waals surface area contributed by atoms with Crippen LogP contribution in [0.5, 0.6) is 0 Å². The Morgan fingerprint density at radius 1 is 0.697 bits per heavy atom. The maximum absolute atomic E-state index is 13.5. The smallest absolute Gasteiger partial charge is 0.257 e. The van der Waals surface area contributed by atoms with Crippen molar-refractivity contribution >= 4 is 46.5 Å². The largest absolute Gasteiger partial charge is 0.321 e. The van der Waals surface area contributed by atoms with E-state index >= 15 is 0 Å². The van der Waals surface area contributed by atoms with E-state index in [-0.39, 0.29) is 28.4 Å². The monoisotopic (exact) mass is 469 g/mol. The van der Waals surface area contributed by atoms with Gasteiger partial charge in [-0.15, -0.1) is 0 Å². The average Bonchev–Trinajstić information content (AvgIpc) is 2.84. The first kappa shape index (κ1) is 21.2. The molecule has 0 fully saturated rings. The molecule has 1 aliphatic carbocycles. The second-order valence-electron chi connectivity index (χ2n) is 7.41. The fraction of sp³-hybridized carbons (Fsp3) is 0. The van der Waals surface area contributed by atoms with Gasteiger partial charge in [0.05, 0.1) is 21.8 Å². The molecule has 0 radical (unpaired) electrons. The first-order valence-electron chi connectivity index (χ1n) is 10.2. The number of hydrogen-bond donors (Lipinski definition) is 1. The van der Waals surface area contributed by atoms with Crippen LogP contribution >= 0.6 is 23.4 Å². The van der Waals surface area contributed by atoms with Gasteiger partial charge in [-0.05, 0) is 36.4 Å². The van der Waals surface area contributed by atoms with Crippen LogP contribution in [0.15, 0.2) is 101 Å². The van der Waals surface area contributed by atoms with E-state index in [1.807, 2.05) is 30.3 Å². The van der Waals surface area contributed by atoms with Crippen molar-refractivity contribution in [2.45, 2.75) is 9.79 Å². The Balaban J connectivity index is 1.64. The van der Waals surface area contributed by atoms with Gasteiger partial charge in [0, 0.05) is 26.5 Å². The number of halogens is 1. The number of amides is 1. The van der Waals surface area contributed by atoms with Crippen LogP contribution in [0.4, 0.5) is 5.69 Å². The summed E-state index contributed by atoms with van der Waals surface area (Å²) >= 11 is 7.58. The van der Waals surface area contributed by atoms with E-state index in [0.29, 0.717) is 26.6 Å². The van der Waals surface area contributed by atoms with Crippen molar-refractivity contribution < 1.29 is 14.4 Å². The van der Waals surface area contributed by atoms with Crippen molar-refractivity contribution in [3.63, 3.8) is 0 Å². The van der Waals surface area contributed by atoms with Gasteiger partial charge in [-0.1, -0.05) is 78.0 Å². The van der Waals surface area contributed by atoms with Crippen LogP contribution in [0.3, 0.4) is 0 Å². The van der Waals surface area contributed by atoms with Crippen molar-refractivity contribution in [3.05, 3.63) is 124 Å². The predicted octanol–water partition coefficient (Wildman–Crippen LogP) is 6.52. The van der Waals surface area contributed by atoms with Gasteiger partial charge in [0.15, 0.2) is 11.6 Å². The molecule has 0 aromatic heterocycles. The standard InChI is InChI=1S/C27H16ClNO3S/c28-20-13-7-6-12-19(20)27(32)29-21-14-15-22(33-16-8-2-1-3-9-16)24-23(21)25(30)17-10-4-5-11-18(17)26(24)31/h1-15H,(H,29,32). The number of carbonyl (C=O) groups is 3. The highest BCUT2D eigenvalue weighted by atomic mass is 35.5. The zero-order valence-corrected chi connectivity index (χ0v) is 18.7. The molecule has 4 nitrogen and oxygen atoms in total. The zero-order valence-electron chi connectivity index (χ0n) is 17.2. The Labute approximate surface area is 199 Å². The van der Waals surface area contributed by atoms with Gasteiger partial charge in [-0.25, -0.2) is 0 Å². The predicted molar refractivity (Wildman–Crippen MR) is 130 cm³/mol. The third-order valence-corrected chi connectivity index (χ3v) is 6.77. The van der Waals surface area contributed by atoms with Crippen molar-refractivity contribution in [1.82, 2.24) is 0 Å². The summed E-state index contributed by atoms with van der Waals surface area (Å²) < 4.78 is 0. The molecule has 0 aliphatic heterocycles. The van der Waals surface area contributed by atoms with Crippen molar-refractivity contribution in [1.29, 1.82) is 0 Å². The third kappa shape index (κ3) is 3.86. The Bertz CT molecular complexity index is 1430. The first-order chi connectivity index (χ1) is 16.0. The number of benzene rings is 4. The zero-order chi connectivity index (χ0) is 22.9. The number of ketones is 2. The van der Waals surface area contributed by atoms with Crippen LogP contribution in [0.25, 0.3) is 0 Å². The average molecular weight is 470 g/mol. The molecule has 160 valence electrons. The van der Waals surface area contributed by atoms with Gasteiger partial charge in [-0.3, -0.25) is 14.4 Å². The molecular weight excluding hydrogens is 454 g/mol. The molecule has 0 bridgehead atoms. The number of fused-ring (bicyclic) bond motifs is 2. The summed E-state index contributed by atoms with van der Waals surface area (Å²) in [6.07, 6.45) is 0. The van der Waals surface area contributed by atoms with Gasteiger partial charge < -0.3 is 5.32 Å². The molecule has 6 heteroatoms. The Kier molecular flexibility index (Phi) is 5.58. The molecule has 0 heterocycles. The Hall–Kier alpha value is -3.67. The Morgan fingerprint density at radius 2 is 1.30 bits per heavy atom. The molecule has 0 unspecified atom stereocenters. The van der Waals surface area contributed by atoms with E-state index in [4.69, 9.17) is 11.6 Å². The second kappa shape index (κ2) is 8.70. The topological polar surface area (TPSA) is 63.2 Å². The molecular formula is C27H16ClNO3S. The maximum Gasteiger partial charge on any atom is 0.257 e. The van der Waals surface area contributed by atoms with E-state index in [2.05, 4.69) is 5.32 Å². The summed E-state index contributed by atoms with van der Waals surface area (Å²) in [5.41, 5.74) is 1.74. The molecule has 1 amide bonds. The highest BCUT2D eigenvalue weighted by molar-refractivity contribution is 7.99. The molecule has 0 atom stereocenters. The highest BCUT2D eigenvalue weighted by Crippen LogP contribution is 2.40. The minimum atomic E-state index is -0.453. The number of nitrogens with one attached hydrogen (secondary N) is 1. The Morgan fingerprint density at radius 3 is 2.00 bits per heavy atom. The summed E-state index contributed by atoms with van der Waals surface area (Å²) in [6, 6.07) is 26.5. The third-order valence-electron chi connectivity index (χ3n) is 5.38. The maximum atomic E-state index is 13.5. The van der Waals surface area contributed by atoms with Crippen LogP contribution < -0.4 is 5.32 Å². The van der Waals surface area contributed by atoms with E-state index in [0.717, 1.165) is 4.90 Å². The minimum Gasteiger partial charge on any atom is -0.321 e. The molecule has 0 saturated heterocycles. The van der Waals surface area contributed by atoms with Gasteiger partial charge in [0.25, 0.3) is 5.91 Å². The number of carbonyl (C=O) groups excluding carboxylic acids is 3. The molecule has 4 aromatic rings. The summed E-state index contributed by atoms with van der Waals surface area (Å²) in [4.78, 5) is 41.6. The lowest BCUT2D eigenvalue weighted by Crippen LogP contribution is -2.24. The van der Waals surface area contributed by atoms with Gasteiger partial charge in [-0.2, -0.15) is 0 Å². The van der Waals surface area contributed by atoms with Crippen LogP contribution in [-0.2, 0) is 0 Å². The quantitative estimate of drug-likeness (QED) is 0.325. The van der Waals surface area contributed by atoms with E-state index < -0.39 is 5.91 Å². The summed E-state index contributed by atoms with van der Waals surface area (Å²) in [5, 5.41) is 3.09. The first-order valence-corrected chi connectivity index (χ1v) is 11.4. The summed E-state index contributed by atoms with van der Waals surface area (Å²) in [5.74, 6) is -0.997. The van der Waals surface area contributed by atoms with Crippen LogP contribution in [0, 0.1) is 0 Å². The number of anilines is 1. The van der Waals surface area contributed by atoms with Crippen LogP contribution in [-0.4, -0.2) is 17.5 Å².